The number of piperazine rings is 1. The number of nitrogens with zero attached hydrogens (tertiary/aromatic N) is 6. The van der Waals surface area contributed by atoms with Crippen LogP contribution in [0.4, 0.5) is 32.4 Å². The molecule has 4 heterocycles. The quantitative estimate of drug-likeness (QED) is 0.342. The molecule has 4 fully saturated rings. The van der Waals surface area contributed by atoms with Gasteiger partial charge in [0.2, 0.25) is 0 Å². The summed E-state index contributed by atoms with van der Waals surface area (Å²) in [6.07, 6.45) is -3.64. The summed E-state index contributed by atoms with van der Waals surface area (Å²) in [4.78, 5) is 46.4. The Bertz CT molecular complexity index is 1760. The Morgan fingerprint density at radius 1 is 1.06 bits per heavy atom. The maximum absolute atomic E-state index is 13.7. The molecule has 3 unspecified atom stereocenters. The van der Waals surface area contributed by atoms with Crippen LogP contribution in [0.1, 0.15) is 39.1 Å². The summed E-state index contributed by atoms with van der Waals surface area (Å²) in [5.41, 5.74) is -1.63. The van der Waals surface area contributed by atoms with Gasteiger partial charge in [0.15, 0.2) is 11.5 Å². The number of carbonyl (C=O) groups is 3. The number of nitrogens with one attached hydrogen (secondary N) is 3. The standard InChI is InChI=1S/C29H29ClF5N9O3/c1-41-20(18-13-44(21-9-28(21,31)32)40-23(18)29(33,34)35)10-37-24(41)26(46)38-14-2-3-15(19(30)8-14)25(45)39-22-16-11-43(12-17(16)22)27(47)42-6-4-36-5-7-42/h2-3,8,10,13,16-17,21-22,36H,4-7,9,11-12H2,1H3,(H,38,46)(H,39,45). The lowest BCUT2D eigenvalue weighted by atomic mass is 10.2. The number of halogens is 6. The van der Waals surface area contributed by atoms with Crippen LogP contribution in [0.25, 0.3) is 11.3 Å². The van der Waals surface area contributed by atoms with Crippen molar-refractivity contribution in [2.75, 3.05) is 44.6 Å². The van der Waals surface area contributed by atoms with Crippen molar-refractivity contribution >= 4 is 35.1 Å². The van der Waals surface area contributed by atoms with Gasteiger partial charge in [-0.1, -0.05) is 11.6 Å². The van der Waals surface area contributed by atoms with Gasteiger partial charge >= 0.3 is 12.2 Å². The third kappa shape index (κ3) is 5.79. The molecule has 47 heavy (non-hydrogen) atoms. The number of benzene rings is 1. The predicted molar refractivity (Wildman–Crippen MR) is 157 cm³/mol. The van der Waals surface area contributed by atoms with E-state index in [1.807, 2.05) is 9.80 Å². The van der Waals surface area contributed by atoms with Crippen LogP contribution in [0.5, 0.6) is 0 Å². The largest absolute Gasteiger partial charge is 0.435 e. The molecular formula is C29H29ClF5N9O3. The van der Waals surface area contributed by atoms with E-state index in [1.165, 1.54) is 25.2 Å². The lowest BCUT2D eigenvalue weighted by molar-refractivity contribution is -0.141. The first kappa shape index (κ1) is 31.4. The van der Waals surface area contributed by atoms with Crippen molar-refractivity contribution in [1.29, 1.82) is 0 Å². The molecular weight excluding hydrogens is 653 g/mol. The van der Waals surface area contributed by atoms with Gasteiger partial charge in [0.05, 0.1) is 28.0 Å². The van der Waals surface area contributed by atoms with E-state index in [0.29, 0.717) is 30.9 Å². The SMILES string of the molecule is Cn1c(-c2cn(C3CC3(F)F)nc2C(F)(F)F)cnc1C(=O)Nc1ccc(C(=O)NC2C3CN(C(=O)N4CCNCC4)CC32)c(Cl)c1. The number of piperidine rings is 1. The fourth-order valence-electron chi connectivity index (χ4n) is 6.45. The molecule has 0 radical (unpaired) electrons. The van der Waals surface area contributed by atoms with E-state index >= 15 is 0 Å². The molecule has 2 aliphatic heterocycles. The number of imidazole rings is 1. The van der Waals surface area contributed by atoms with E-state index in [1.54, 1.807) is 0 Å². The van der Waals surface area contributed by atoms with Crippen molar-refractivity contribution in [2.24, 2.45) is 18.9 Å². The number of urea groups is 1. The molecule has 2 saturated carbocycles. The number of likely N-dealkylation sites (tertiary alicyclic amines) is 1. The van der Waals surface area contributed by atoms with Gasteiger partial charge < -0.3 is 30.3 Å². The minimum absolute atomic E-state index is 0.0225. The van der Waals surface area contributed by atoms with Crippen LogP contribution < -0.4 is 16.0 Å². The molecule has 3 N–H and O–H groups in total. The van der Waals surface area contributed by atoms with Gasteiger partial charge in [-0.3, -0.25) is 14.3 Å². The van der Waals surface area contributed by atoms with Crippen molar-refractivity contribution in [3.8, 4) is 11.3 Å². The number of aromatic nitrogens is 4. The Morgan fingerprint density at radius 3 is 2.36 bits per heavy atom. The molecule has 0 bridgehead atoms. The maximum atomic E-state index is 13.7. The summed E-state index contributed by atoms with van der Waals surface area (Å²) in [6.45, 7) is 4.02. The summed E-state index contributed by atoms with van der Waals surface area (Å²) in [6, 6.07) is 2.72. The summed E-state index contributed by atoms with van der Waals surface area (Å²) >= 11 is 6.39. The zero-order valence-corrected chi connectivity index (χ0v) is 25.6. The topological polar surface area (TPSA) is 129 Å². The van der Waals surface area contributed by atoms with Crippen molar-refractivity contribution < 1.29 is 36.3 Å². The highest BCUT2D eigenvalue weighted by atomic mass is 35.5. The second kappa shape index (κ2) is 11.2. The van der Waals surface area contributed by atoms with Crippen LogP contribution in [0.2, 0.25) is 5.02 Å². The number of alkyl halides is 5. The third-order valence-corrected chi connectivity index (χ3v) is 9.51. The highest BCUT2D eigenvalue weighted by molar-refractivity contribution is 6.34. The van der Waals surface area contributed by atoms with Crippen LogP contribution in [0.3, 0.4) is 0 Å². The van der Waals surface area contributed by atoms with Crippen LogP contribution >= 0.6 is 11.6 Å². The van der Waals surface area contributed by atoms with E-state index in [2.05, 4.69) is 26.0 Å². The van der Waals surface area contributed by atoms with Gasteiger partial charge in [0.25, 0.3) is 17.7 Å². The Morgan fingerprint density at radius 2 is 1.74 bits per heavy atom. The third-order valence-electron chi connectivity index (χ3n) is 9.20. The van der Waals surface area contributed by atoms with E-state index in [9.17, 15) is 36.3 Å². The number of rotatable bonds is 6. The first-order chi connectivity index (χ1) is 22.2. The van der Waals surface area contributed by atoms with Crippen LogP contribution in [0.15, 0.2) is 30.6 Å². The van der Waals surface area contributed by atoms with Gasteiger partial charge in [-0.25, -0.2) is 18.6 Å². The van der Waals surface area contributed by atoms with Crippen LogP contribution in [-0.2, 0) is 13.2 Å². The molecule has 3 atom stereocenters. The molecule has 2 aliphatic carbocycles. The molecule has 18 heteroatoms. The lowest BCUT2D eigenvalue weighted by Gasteiger charge is -2.32. The number of anilines is 1. The number of amides is 4. The maximum Gasteiger partial charge on any atom is 0.435 e. The molecule has 12 nitrogen and oxygen atoms in total. The van der Waals surface area contributed by atoms with E-state index < -0.39 is 47.6 Å². The van der Waals surface area contributed by atoms with Gasteiger partial charge in [-0.05, 0) is 18.2 Å². The van der Waals surface area contributed by atoms with Gasteiger partial charge in [0.1, 0.15) is 6.04 Å². The first-order valence-electron chi connectivity index (χ1n) is 15.0. The molecule has 2 saturated heterocycles. The Balaban J connectivity index is 0.981. The molecule has 3 aromatic rings. The number of hydrogen-bond acceptors (Lipinski definition) is 6. The molecule has 250 valence electrons. The monoisotopic (exact) mass is 681 g/mol. The zero-order valence-electron chi connectivity index (χ0n) is 24.8. The number of fused-ring (bicyclic) bond motifs is 1. The highest BCUT2D eigenvalue weighted by Gasteiger charge is 2.60. The first-order valence-corrected chi connectivity index (χ1v) is 15.3. The van der Waals surface area contributed by atoms with Crippen molar-refractivity contribution in [2.45, 2.75) is 30.6 Å². The molecule has 4 aliphatic rings. The average molecular weight is 682 g/mol. The molecule has 7 rings (SSSR count). The van der Waals surface area contributed by atoms with Crippen LogP contribution in [-0.4, -0.2) is 98.2 Å². The van der Waals surface area contributed by atoms with Crippen molar-refractivity contribution in [1.82, 2.24) is 39.8 Å². The number of carbonyl (C=O) groups excluding carboxylic acids is 3. The molecule has 2 aromatic heterocycles. The highest BCUT2D eigenvalue weighted by Crippen LogP contribution is 2.53. The summed E-state index contributed by atoms with van der Waals surface area (Å²) < 4.78 is 70.1. The second-order valence-corrected chi connectivity index (χ2v) is 12.7. The minimum atomic E-state index is -4.94. The fourth-order valence-corrected chi connectivity index (χ4v) is 6.72. The van der Waals surface area contributed by atoms with E-state index in [-0.39, 0.29) is 51.7 Å². The Labute approximate surface area is 269 Å². The Hall–Kier alpha value is -4.25. The van der Waals surface area contributed by atoms with Gasteiger partial charge in [-0.15, -0.1) is 0 Å². The zero-order chi connectivity index (χ0) is 33.4. The van der Waals surface area contributed by atoms with Crippen molar-refractivity contribution in [3.63, 3.8) is 0 Å². The Kier molecular flexibility index (Phi) is 7.46. The minimum Gasteiger partial charge on any atom is -0.349 e. The summed E-state index contributed by atoms with van der Waals surface area (Å²) in [7, 11) is 1.31. The molecule has 0 spiro atoms. The predicted octanol–water partition coefficient (Wildman–Crippen LogP) is 3.47. The molecule has 4 amide bonds. The van der Waals surface area contributed by atoms with E-state index in [4.69, 9.17) is 11.6 Å². The van der Waals surface area contributed by atoms with E-state index in [0.717, 1.165) is 30.1 Å². The lowest BCUT2D eigenvalue weighted by Crippen LogP contribution is -2.52. The van der Waals surface area contributed by atoms with Gasteiger partial charge in [0, 0.05) is 82.5 Å². The smallest absolute Gasteiger partial charge is 0.349 e. The second-order valence-electron chi connectivity index (χ2n) is 12.3. The normalized spacial score (nSPS) is 24.6. The summed E-state index contributed by atoms with van der Waals surface area (Å²) in [5, 5.41) is 12.2. The number of hydrogen-bond donors (Lipinski definition) is 3. The van der Waals surface area contributed by atoms with Crippen LogP contribution in [0, 0.1) is 11.8 Å². The summed E-state index contributed by atoms with van der Waals surface area (Å²) in [5.74, 6) is -4.25. The van der Waals surface area contributed by atoms with Gasteiger partial charge in [-0.2, -0.15) is 18.3 Å². The average Bonchev–Trinajstić information content (AvgIpc) is 3.52. The fraction of sp³-hybridized carbons (Fsp3) is 0.483. The molecule has 1 aromatic carbocycles. The van der Waals surface area contributed by atoms with Crippen molar-refractivity contribution in [3.05, 3.63) is 52.7 Å².